The summed E-state index contributed by atoms with van der Waals surface area (Å²) < 4.78 is 26.7. The Balaban J connectivity index is 3.18. The van der Waals surface area contributed by atoms with Crippen molar-refractivity contribution in [3.8, 4) is 0 Å². The third-order valence-electron chi connectivity index (χ3n) is 3.23. The maximum atomic E-state index is 12.7. The van der Waals surface area contributed by atoms with Crippen molar-refractivity contribution >= 4 is 16.0 Å². The van der Waals surface area contributed by atoms with Gasteiger partial charge in [0.2, 0.25) is 5.03 Å². The Hall–Kier alpha value is -1.41. The van der Waals surface area contributed by atoms with Gasteiger partial charge in [-0.25, -0.2) is 13.2 Å². The molecule has 8 heteroatoms. The molecule has 0 bridgehead atoms. The van der Waals surface area contributed by atoms with E-state index in [2.05, 4.69) is 10.2 Å². The monoisotopic (exact) mass is 317 g/mol. The van der Waals surface area contributed by atoms with E-state index in [1.807, 2.05) is 13.8 Å². The molecule has 0 radical (unpaired) electrons. The molecular formula is C13H23N3O4S. The van der Waals surface area contributed by atoms with E-state index in [0.29, 0.717) is 13.1 Å². The molecule has 1 heterocycles. The van der Waals surface area contributed by atoms with Gasteiger partial charge in [0.1, 0.15) is 5.56 Å². The van der Waals surface area contributed by atoms with E-state index in [0.717, 1.165) is 25.7 Å². The number of H-pyrrole nitrogens is 1. The van der Waals surface area contributed by atoms with Gasteiger partial charge in [0, 0.05) is 18.8 Å². The summed E-state index contributed by atoms with van der Waals surface area (Å²) in [4.78, 5) is 11.3. The number of carboxylic acids is 1. The number of hydrogen-bond donors (Lipinski definition) is 2. The largest absolute Gasteiger partial charge is 0.478 e. The predicted molar refractivity (Wildman–Crippen MR) is 78.9 cm³/mol. The lowest BCUT2D eigenvalue weighted by molar-refractivity contribution is 0.0691. The van der Waals surface area contributed by atoms with E-state index >= 15 is 0 Å². The van der Waals surface area contributed by atoms with Crippen LogP contribution in [-0.4, -0.2) is 47.1 Å². The van der Waals surface area contributed by atoms with E-state index in [1.165, 1.54) is 11.2 Å². The molecule has 21 heavy (non-hydrogen) atoms. The Morgan fingerprint density at radius 2 is 1.76 bits per heavy atom. The molecular weight excluding hydrogens is 294 g/mol. The number of carboxylic acid groups (broad SMARTS) is 1. The molecule has 1 aromatic rings. The number of nitrogens with zero attached hydrogens (tertiary/aromatic N) is 2. The van der Waals surface area contributed by atoms with Crippen molar-refractivity contribution in [2.45, 2.75) is 51.5 Å². The molecule has 0 spiro atoms. The zero-order valence-electron chi connectivity index (χ0n) is 12.7. The molecule has 0 aliphatic carbocycles. The standard InChI is InChI=1S/C13H23N3O4S/c1-4-6-8-16(9-7-5-2)21(19,20)12-11(13(17)18)10(3)14-15-12/h4-9H2,1-3H3,(H,14,15)(H,17,18). The smallest absolute Gasteiger partial charge is 0.340 e. The van der Waals surface area contributed by atoms with Crippen LogP contribution in [0.25, 0.3) is 0 Å². The Morgan fingerprint density at radius 3 is 2.19 bits per heavy atom. The molecule has 1 aromatic heterocycles. The SMILES string of the molecule is CCCCN(CCCC)S(=O)(=O)c1n[nH]c(C)c1C(=O)O. The summed E-state index contributed by atoms with van der Waals surface area (Å²) in [5, 5.41) is 15.0. The molecule has 0 aliphatic heterocycles. The van der Waals surface area contributed by atoms with Gasteiger partial charge in [-0.2, -0.15) is 9.40 Å². The molecule has 1 rings (SSSR count). The molecule has 0 amide bonds. The summed E-state index contributed by atoms with van der Waals surface area (Å²) in [6.45, 7) is 6.21. The van der Waals surface area contributed by atoms with Crippen LogP contribution in [0.3, 0.4) is 0 Å². The van der Waals surface area contributed by atoms with Gasteiger partial charge >= 0.3 is 5.97 Å². The van der Waals surface area contributed by atoms with Crippen LogP contribution < -0.4 is 0 Å². The highest BCUT2D eigenvalue weighted by molar-refractivity contribution is 7.89. The number of sulfonamides is 1. The second-order valence-electron chi connectivity index (χ2n) is 4.95. The van der Waals surface area contributed by atoms with Crippen molar-refractivity contribution in [2.75, 3.05) is 13.1 Å². The van der Waals surface area contributed by atoms with Crippen molar-refractivity contribution in [1.82, 2.24) is 14.5 Å². The van der Waals surface area contributed by atoms with Gasteiger partial charge in [-0.3, -0.25) is 5.10 Å². The van der Waals surface area contributed by atoms with Crippen LogP contribution in [0.4, 0.5) is 0 Å². The summed E-state index contributed by atoms with van der Waals surface area (Å²) in [6.07, 6.45) is 3.19. The molecule has 2 N–H and O–H groups in total. The first kappa shape index (κ1) is 17.6. The Labute approximate surface area is 125 Å². The molecule has 0 aliphatic rings. The minimum atomic E-state index is -3.89. The Morgan fingerprint density at radius 1 is 1.24 bits per heavy atom. The van der Waals surface area contributed by atoms with Crippen LogP contribution in [0.2, 0.25) is 0 Å². The number of hydrogen-bond acceptors (Lipinski definition) is 4. The normalized spacial score (nSPS) is 12.0. The summed E-state index contributed by atoms with van der Waals surface area (Å²) in [6, 6.07) is 0. The average Bonchev–Trinajstić information content (AvgIpc) is 2.81. The highest BCUT2D eigenvalue weighted by Crippen LogP contribution is 2.21. The molecule has 120 valence electrons. The van der Waals surface area contributed by atoms with Gasteiger partial charge in [-0.1, -0.05) is 26.7 Å². The lowest BCUT2D eigenvalue weighted by atomic mass is 10.3. The van der Waals surface area contributed by atoms with Crippen LogP contribution in [-0.2, 0) is 10.0 Å². The topological polar surface area (TPSA) is 103 Å². The van der Waals surface area contributed by atoms with Gasteiger partial charge in [0.25, 0.3) is 10.0 Å². The van der Waals surface area contributed by atoms with Gasteiger partial charge in [-0.15, -0.1) is 0 Å². The van der Waals surface area contributed by atoms with Crippen LogP contribution in [0.5, 0.6) is 0 Å². The lowest BCUT2D eigenvalue weighted by Gasteiger charge is -2.20. The van der Waals surface area contributed by atoms with Crippen LogP contribution >= 0.6 is 0 Å². The molecule has 0 aromatic carbocycles. The average molecular weight is 317 g/mol. The maximum Gasteiger partial charge on any atom is 0.340 e. The lowest BCUT2D eigenvalue weighted by Crippen LogP contribution is -2.34. The van der Waals surface area contributed by atoms with Gasteiger partial charge in [0.05, 0.1) is 0 Å². The maximum absolute atomic E-state index is 12.7. The minimum Gasteiger partial charge on any atom is -0.478 e. The fourth-order valence-electron chi connectivity index (χ4n) is 1.99. The van der Waals surface area contributed by atoms with Gasteiger partial charge in [-0.05, 0) is 19.8 Å². The van der Waals surface area contributed by atoms with E-state index in [4.69, 9.17) is 0 Å². The Kier molecular flexibility index (Phi) is 6.35. The fraction of sp³-hybridized carbons (Fsp3) is 0.692. The first-order valence-corrected chi connectivity index (χ1v) is 8.58. The summed E-state index contributed by atoms with van der Waals surface area (Å²) in [5.74, 6) is -1.29. The number of aromatic carboxylic acids is 1. The zero-order chi connectivity index (χ0) is 16.0. The van der Waals surface area contributed by atoms with E-state index in [1.54, 1.807) is 0 Å². The van der Waals surface area contributed by atoms with Gasteiger partial charge in [0.15, 0.2) is 0 Å². The number of carbonyl (C=O) groups is 1. The fourth-order valence-corrected chi connectivity index (χ4v) is 3.63. The Bertz CT molecular complexity index is 572. The first-order valence-electron chi connectivity index (χ1n) is 7.14. The molecule has 0 saturated heterocycles. The molecule has 0 atom stereocenters. The van der Waals surface area contributed by atoms with E-state index < -0.39 is 16.0 Å². The molecule has 0 saturated carbocycles. The summed E-state index contributed by atoms with van der Waals surface area (Å²) in [7, 11) is -3.89. The second-order valence-corrected chi connectivity index (χ2v) is 6.80. The molecule has 7 nitrogen and oxygen atoms in total. The predicted octanol–water partition coefficient (Wildman–Crippen LogP) is 2.01. The van der Waals surface area contributed by atoms with Crippen LogP contribution in [0.1, 0.15) is 55.6 Å². The third-order valence-corrected chi connectivity index (χ3v) is 5.06. The highest BCUT2D eigenvalue weighted by Gasteiger charge is 2.32. The van der Waals surface area contributed by atoms with E-state index in [-0.39, 0.29) is 16.3 Å². The van der Waals surface area contributed by atoms with Crippen molar-refractivity contribution in [3.05, 3.63) is 11.3 Å². The second kappa shape index (κ2) is 7.56. The van der Waals surface area contributed by atoms with Gasteiger partial charge < -0.3 is 5.11 Å². The third kappa shape index (κ3) is 4.04. The van der Waals surface area contributed by atoms with E-state index in [9.17, 15) is 18.3 Å². The van der Waals surface area contributed by atoms with Crippen molar-refractivity contribution in [2.24, 2.45) is 0 Å². The first-order chi connectivity index (χ1) is 9.86. The number of aromatic nitrogens is 2. The number of nitrogens with one attached hydrogen (secondary N) is 1. The molecule has 0 unspecified atom stereocenters. The zero-order valence-corrected chi connectivity index (χ0v) is 13.5. The number of rotatable bonds is 9. The molecule has 0 fully saturated rings. The van der Waals surface area contributed by atoms with Crippen LogP contribution in [0, 0.1) is 6.92 Å². The highest BCUT2D eigenvalue weighted by atomic mass is 32.2. The quantitative estimate of drug-likeness (QED) is 0.725. The van der Waals surface area contributed by atoms with Crippen molar-refractivity contribution in [1.29, 1.82) is 0 Å². The summed E-state index contributed by atoms with van der Waals surface area (Å²) >= 11 is 0. The number of unbranched alkanes of at least 4 members (excludes halogenated alkanes) is 2. The van der Waals surface area contributed by atoms with Crippen LogP contribution in [0.15, 0.2) is 5.03 Å². The summed E-state index contributed by atoms with van der Waals surface area (Å²) in [5.41, 5.74) is -0.0278. The number of aryl methyl sites for hydroxylation is 1. The minimum absolute atomic E-state index is 0.243. The number of aromatic amines is 1. The van der Waals surface area contributed by atoms with Crippen molar-refractivity contribution in [3.63, 3.8) is 0 Å². The van der Waals surface area contributed by atoms with Crippen molar-refractivity contribution < 1.29 is 18.3 Å².